The quantitative estimate of drug-likeness (QED) is 0.586. The minimum absolute atomic E-state index is 0.0301. The minimum atomic E-state index is -0.790. The summed E-state index contributed by atoms with van der Waals surface area (Å²) in [5.74, 6) is -0.596. The van der Waals surface area contributed by atoms with Gasteiger partial charge in [-0.05, 0) is 43.4 Å². The van der Waals surface area contributed by atoms with E-state index in [2.05, 4.69) is 10.3 Å². The molecule has 0 radical (unpaired) electrons. The lowest BCUT2D eigenvalue weighted by atomic mass is 9.77. The van der Waals surface area contributed by atoms with Gasteiger partial charge in [-0.2, -0.15) is 0 Å². The summed E-state index contributed by atoms with van der Waals surface area (Å²) in [6.07, 6.45) is 8.96. The summed E-state index contributed by atoms with van der Waals surface area (Å²) in [6.45, 7) is 0. The van der Waals surface area contributed by atoms with Crippen LogP contribution in [0.2, 0.25) is 0 Å². The first kappa shape index (κ1) is 20.5. The van der Waals surface area contributed by atoms with Gasteiger partial charge in [-0.1, -0.05) is 6.08 Å². The van der Waals surface area contributed by atoms with E-state index in [1.807, 2.05) is 6.08 Å². The average molecular weight is 423 g/mol. The summed E-state index contributed by atoms with van der Waals surface area (Å²) in [5, 5.41) is 14.4. The number of benzene rings is 1. The fourth-order valence-corrected chi connectivity index (χ4v) is 4.19. The smallest absolute Gasteiger partial charge is 0.286 e. The van der Waals surface area contributed by atoms with Crippen molar-refractivity contribution in [1.29, 1.82) is 0 Å². The summed E-state index contributed by atoms with van der Waals surface area (Å²) in [6, 6.07) is 2.38. The second-order valence-corrected chi connectivity index (χ2v) is 7.42. The van der Waals surface area contributed by atoms with Crippen LogP contribution in [0.3, 0.4) is 0 Å². The van der Waals surface area contributed by atoms with Crippen molar-refractivity contribution in [3.8, 4) is 11.5 Å². The standard InChI is InChI=1S/C22H21N3O6/c1-30-19-10-16(18(25(28)29)11-20(19)31-2)22(27)23-12-7-8-14-13-5-3-4-6-15(13)21(26)24-17(14)9-12/h7-11,14H,3-6H2,1-2H3,(H,24,26). The van der Waals surface area contributed by atoms with E-state index in [9.17, 15) is 19.7 Å². The van der Waals surface area contributed by atoms with Crippen LogP contribution in [-0.2, 0) is 4.79 Å². The average Bonchev–Trinajstić information content (AvgIpc) is 2.78. The third-order valence-electron chi connectivity index (χ3n) is 5.68. The van der Waals surface area contributed by atoms with E-state index in [1.54, 1.807) is 12.2 Å². The van der Waals surface area contributed by atoms with Crippen LogP contribution < -0.4 is 14.8 Å². The second-order valence-electron chi connectivity index (χ2n) is 7.42. The van der Waals surface area contributed by atoms with Crippen molar-refractivity contribution in [2.45, 2.75) is 25.7 Å². The zero-order valence-electron chi connectivity index (χ0n) is 17.1. The Morgan fingerprint density at radius 1 is 1.19 bits per heavy atom. The number of hydrogen-bond donors (Lipinski definition) is 1. The van der Waals surface area contributed by atoms with E-state index < -0.39 is 16.5 Å². The molecule has 1 aliphatic heterocycles. The lowest BCUT2D eigenvalue weighted by molar-refractivity contribution is -0.385. The molecule has 0 fully saturated rings. The number of hydrogen-bond acceptors (Lipinski definition) is 6. The fourth-order valence-electron chi connectivity index (χ4n) is 4.19. The van der Waals surface area contributed by atoms with E-state index in [0.717, 1.165) is 42.9 Å². The third-order valence-corrected chi connectivity index (χ3v) is 5.68. The zero-order valence-corrected chi connectivity index (χ0v) is 17.1. The van der Waals surface area contributed by atoms with Gasteiger partial charge in [0.05, 0.1) is 30.9 Å². The van der Waals surface area contributed by atoms with Crippen molar-refractivity contribution in [2.75, 3.05) is 14.2 Å². The number of aliphatic imine (C=N–C) groups is 1. The van der Waals surface area contributed by atoms with Gasteiger partial charge in [-0.15, -0.1) is 0 Å². The van der Waals surface area contributed by atoms with Gasteiger partial charge in [0.1, 0.15) is 5.56 Å². The number of nitrogens with one attached hydrogen (secondary N) is 1. The molecule has 0 aromatic heterocycles. The van der Waals surface area contributed by atoms with Crippen LogP contribution in [0.15, 0.2) is 52.2 Å². The van der Waals surface area contributed by atoms with Crippen molar-refractivity contribution in [2.24, 2.45) is 10.9 Å². The van der Waals surface area contributed by atoms with E-state index in [-0.39, 0.29) is 28.9 Å². The summed E-state index contributed by atoms with van der Waals surface area (Å²) >= 11 is 0. The lowest BCUT2D eigenvalue weighted by Gasteiger charge is -2.33. The Morgan fingerprint density at radius 3 is 2.61 bits per heavy atom. The number of amides is 2. The van der Waals surface area contributed by atoms with Gasteiger partial charge >= 0.3 is 0 Å². The SMILES string of the molecule is COc1cc(C(=O)N=C2C=CC3C(=C2)NC(=O)C2=C3CCCC2)c([N+](=O)[O-])cc1OC. The number of nitro benzene ring substituents is 1. The van der Waals surface area contributed by atoms with Crippen LogP contribution in [0.25, 0.3) is 0 Å². The molecule has 4 rings (SSSR count). The van der Waals surface area contributed by atoms with E-state index in [0.29, 0.717) is 11.4 Å². The van der Waals surface area contributed by atoms with Crippen LogP contribution in [0.1, 0.15) is 36.0 Å². The minimum Gasteiger partial charge on any atom is -0.493 e. The highest BCUT2D eigenvalue weighted by molar-refractivity contribution is 6.15. The second kappa shape index (κ2) is 8.17. The summed E-state index contributed by atoms with van der Waals surface area (Å²) in [7, 11) is 2.72. The molecule has 1 atom stereocenters. The molecule has 9 nitrogen and oxygen atoms in total. The number of fused-ring (bicyclic) bond motifs is 2. The summed E-state index contributed by atoms with van der Waals surface area (Å²) in [4.78, 5) is 40.1. The monoisotopic (exact) mass is 423 g/mol. The molecule has 3 aliphatic rings. The Morgan fingerprint density at radius 2 is 1.90 bits per heavy atom. The molecule has 31 heavy (non-hydrogen) atoms. The fraction of sp³-hybridized carbons (Fsp3) is 0.318. The maximum atomic E-state index is 12.8. The van der Waals surface area contributed by atoms with E-state index in [1.165, 1.54) is 20.3 Å². The molecule has 1 aromatic carbocycles. The number of carbonyl (C=O) groups is 2. The third kappa shape index (κ3) is 3.74. The number of nitrogens with zero attached hydrogens (tertiary/aromatic N) is 2. The molecule has 2 aliphatic carbocycles. The highest BCUT2D eigenvalue weighted by Gasteiger charge is 2.33. The van der Waals surface area contributed by atoms with E-state index in [4.69, 9.17) is 9.47 Å². The number of ether oxygens (including phenoxy) is 2. The van der Waals surface area contributed by atoms with Crippen LogP contribution in [-0.4, -0.2) is 36.7 Å². The summed E-state index contributed by atoms with van der Waals surface area (Å²) < 4.78 is 10.2. The van der Waals surface area contributed by atoms with Crippen LogP contribution in [0.5, 0.6) is 11.5 Å². The van der Waals surface area contributed by atoms with Gasteiger partial charge < -0.3 is 14.8 Å². The molecular formula is C22H21N3O6. The molecule has 2 amide bonds. The molecule has 1 N–H and O–H groups in total. The molecule has 1 aromatic rings. The van der Waals surface area contributed by atoms with Gasteiger partial charge in [0.15, 0.2) is 11.5 Å². The predicted octanol–water partition coefficient (Wildman–Crippen LogP) is 3.26. The maximum absolute atomic E-state index is 12.8. The molecule has 1 unspecified atom stereocenters. The van der Waals surface area contributed by atoms with Crippen molar-refractivity contribution >= 4 is 23.2 Å². The number of nitro groups is 1. The van der Waals surface area contributed by atoms with Crippen LogP contribution in [0.4, 0.5) is 5.69 Å². The maximum Gasteiger partial charge on any atom is 0.286 e. The highest BCUT2D eigenvalue weighted by atomic mass is 16.6. The largest absolute Gasteiger partial charge is 0.493 e. The molecule has 0 bridgehead atoms. The number of methoxy groups -OCH3 is 2. The van der Waals surface area contributed by atoms with Crippen molar-refractivity contribution < 1.29 is 24.0 Å². The predicted molar refractivity (Wildman–Crippen MR) is 112 cm³/mol. The molecule has 1 heterocycles. The Kier molecular flexibility index (Phi) is 5.41. The van der Waals surface area contributed by atoms with Gasteiger partial charge in [-0.3, -0.25) is 19.7 Å². The molecule has 160 valence electrons. The Bertz CT molecular complexity index is 1110. The zero-order chi connectivity index (χ0) is 22.1. The summed E-state index contributed by atoms with van der Waals surface area (Å²) in [5.41, 5.74) is 2.31. The number of allylic oxidation sites excluding steroid dienone is 3. The molecule has 9 heteroatoms. The molecule has 0 saturated heterocycles. The Hall–Kier alpha value is -3.75. The van der Waals surface area contributed by atoms with Gasteiger partial charge in [-0.25, -0.2) is 4.99 Å². The normalized spacial score (nSPS) is 21.1. The first-order valence-electron chi connectivity index (χ1n) is 9.89. The molecule has 0 spiro atoms. The van der Waals surface area contributed by atoms with Crippen molar-refractivity contribution in [3.63, 3.8) is 0 Å². The molecular weight excluding hydrogens is 402 g/mol. The Labute approximate surface area is 178 Å². The van der Waals surface area contributed by atoms with Crippen molar-refractivity contribution in [3.05, 3.63) is 62.9 Å². The van der Waals surface area contributed by atoms with Gasteiger partial charge in [0.25, 0.3) is 17.5 Å². The highest BCUT2D eigenvalue weighted by Crippen LogP contribution is 2.39. The number of carbonyl (C=O) groups excluding carboxylic acids is 2. The van der Waals surface area contributed by atoms with Crippen molar-refractivity contribution in [1.82, 2.24) is 5.32 Å². The first-order chi connectivity index (χ1) is 14.9. The lowest BCUT2D eigenvalue weighted by Crippen LogP contribution is -2.37. The molecule has 0 saturated carbocycles. The Balaban J connectivity index is 1.68. The topological polar surface area (TPSA) is 120 Å². The number of rotatable bonds is 4. The van der Waals surface area contributed by atoms with Gasteiger partial charge in [0, 0.05) is 23.3 Å². The van der Waals surface area contributed by atoms with Crippen LogP contribution >= 0.6 is 0 Å². The van der Waals surface area contributed by atoms with E-state index >= 15 is 0 Å². The van der Waals surface area contributed by atoms with Gasteiger partial charge in [0.2, 0.25) is 0 Å². The first-order valence-corrected chi connectivity index (χ1v) is 9.89. The van der Waals surface area contributed by atoms with Crippen LogP contribution in [0, 0.1) is 16.0 Å².